The molecule has 0 amide bonds. The van der Waals surface area contributed by atoms with Gasteiger partial charge in [0.25, 0.3) is 0 Å². The molecule has 0 atom stereocenters. The molecule has 0 aromatic heterocycles. The number of carbonyl (C=O) groups is 1. The van der Waals surface area contributed by atoms with E-state index in [0.717, 1.165) is 36.4 Å². The van der Waals surface area contributed by atoms with Gasteiger partial charge < -0.3 is 4.90 Å². The van der Waals surface area contributed by atoms with Crippen molar-refractivity contribution in [2.45, 2.75) is 62.7 Å². The van der Waals surface area contributed by atoms with Gasteiger partial charge in [-0.05, 0) is 70.2 Å². The molecule has 2 heterocycles. The van der Waals surface area contributed by atoms with Gasteiger partial charge in [0.05, 0.1) is 5.57 Å². The van der Waals surface area contributed by atoms with Crippen LogP contribution in [-0.4, -0.2) is 23.9 Å². The fourth-order valence-electron chi connectivity index (χ4n) is 5.39. The van der Waals surface area contributed by atoms with Crippen LogP contribution in [0.1, 0.15) is 62.8 Å². The van der Waals surface area contributed by atoms with Crippen LogP contribution in [0, 0.1) is 5.41 Å². The lowest BCUT2D eigenvalue weighted by atomic mass is 9.66. The number of benzene rings is 2. The van der Waals surface area contributed by atoms with Gasteiger partial charge in [-0.2, -0.15) is 0 Å². The third kappa shape index (κ3) is 3.36. The minimum atomic E-state index is 0.0528. The van der Waals surface area contributed by atoms with E-state index in [-0.39, 0.29) is 16.6 Å². The van der Waals surface area contributed by atoms with Crippen molar-refractivity contribution in [2.75, 3.05) is 18.0 Å². The van der Waals surface area contributed by atoms with E-state index in [9.17, 15) is 4.79 Å². The number of nitrogens with zero attached hydrogens (tertiary/aromatic N) is 1. The summed E-state index contributed by atoms with van der Waals surface area (Å²) in [5.74, 6) is 0.0696. The Kier molecular flexibility index (Phi) is 4.71. The van der Waals surface area contributed by atoms with Gasteiger partial charge in [0.1, 0.15) is 5.04 Å². The highest BCUT2D eigenvalue weighted by atomic mass is 32.2. The Balaban J connectivity index is 1.65. The first-order valence-electron chi connectivity index (χ1n) is 11.2. The maximum Gasteiger partial charge on any atom is 0.169 e. The molecule has 0 saturated heterocycles. The van der Waals surface area contributed by atoms with E-state index in [2.05, 4.69) is 38.7 Å². The smallest absolute Gasteiger partial charge is 0.169 e. The van der Waals surface area contributed by atoms with Crippen molar-refractivity contribution >= 4 is 34.4 Å². The van der Waals surface area contributed by atoms with E-state index < -0.39 is 0 Å². The molecule has 0 saturated carbocycles. The normalized spacial score (nSPS) is 20.6. The quantitative estimate of drug-likeness (QED) is 0.354. The lowest BCUT2D eigenvalue weighted by molar-refractivity contribution is -0.114. The van der Waals surface area contributed by atoms with E-state index in [1.165, 1.54) is 34.1 Å². The Hall–Kier alpha value is -2.33. The van der Waals surface area contributed by atoms with Gasteiger partial charge in [0.2, 0.25) is 0 Å². The Morgan fingerprint density at radius 2 is 1.71 bits per heavy atom. The number of carbonyl (C=O) groups excluding carboxylic acids is 1. The highest BCUT2D eigenvalue weighted by molar-refractivity contribution is 8.14. The molecule has 2 aliphatic heterocycles. The first-order valence-corrected chi connectivity index (χ1v) is 12.0. The van der Waals surface area contributed by atoms with E-state index in [1.807, 2.05) is 36.4 Å². The summed E-state index contributed by atoms with van der Waals surface area (Å²) in [5.41, 5.74) is 7.24. The Morgan fingerprint density at radius 3 is 2.42 bits per heavy atom. The van der Waals surface area contributed by atoms with E-state index in [1.54, 1.807) is 0 Å². The number of rotatable bonds is 2. The zero-order chi connectivity index (χ0) is 22.0. The highest BCUT2D eigenvalue weighted by Gasteiger charge is 2.43. The second kappa shape index (κ2) is 7.09. The second-order valence-corrected chi connectivity index (χ2v) is 11.5. The third-order valence-electron chi connectivity index (χ3n) is 7.32. The number of hydrogen-bond acceptors (Lipinski definition) is 4. The molecule has 0 unspecified atom stereocenters. The van der Waals surface area contributed by atoms with Gasteiger partial charge in [-0.25, -0.2) is 0 Å². The Bertz CT molecular complexity index is 1130. The van der Waals surface area contributed by atoms with Gasteiger partial charge >= 0.3 is 0 Å². The second-order valence-electron chi connectivity index (χ2n) is 10.4. The van der Waals surface area contributed by atoms with Crippen LogP contribution >= 0.6 is 11.8 Å². The Morgan fingerprint density at radius 1 is 1.03 bits per heavy atom. The Labute approximate surface area is 189 Å². The van der Waals surface area contributed by atoms with Crippen LogP contribution in [0.15, 0.2) is 46.9 Å². The molecule has 0 spiro atoms. The minimum Gasteiger partial charge on any atom is -0.371 e. The van der Waals surface area contributed by atoms with Crippen LogP contribution in [0.2, 0.25) is 0 Å². The molecule has 4 heteroatoms. The fraction of sp³-hybridized carbons (Fsp3) is 0.407. The van der Waals surface area contributed by atoms with Crippen molar-refractivity contribution in [3.63, 3.8) is 0 Å². The van der Waals surface area contributed by atoms with Crippen molar-refractivity contribution in [3.8, 4) is 0 Å². The number of Topliss-reactive ketones (excluding diaryl/α,β-unsaturated/α-hetero) is 1. The molecule has 160 valence electrons. The average Bonchev–Trinajstić information content (AvgIpc) is 2.72. The van der Waals surface area contributed by atoms with E-state index in [0.29, 0.717) is 17.0 Å². The van der Waals surface area contributed by atoms with Crippen LogP contribution in [0.25, 0.3) is 6.08 Å². The van der Waals surface area contributed by atoms with Crippen molar-refractivity contribution < 1.29 is 4.79 Å². The summed E-state index contributed by atoms with van der Waals surface area (Å²) in [4.78, 5) is 16.8. The lowest BCUT2D eigenvalue weighted by Gasteiger charge is -2.49. The summed E-state index contributed by atoms with van der Waals surface area (Å²) in [5, 5.41) is 8.98. The van der Waals surface area contributed by atoms with Crippen LogP contribution in [-0.2, 0) is 22.0 Å². The fourth-order valence-corrected chi connectivity index (χ4v) is 6.21. The molecule has 1 aliphatic carbocycles. The van der Waals surface area contributed by atoms with Crippen molar-refractivity contribution in [1.29, 1.82) is 5.41 Å². The lowest BCUT2D eigenvalue weighted by Crippen LogP contribution is -2.45. The molecule has 3 nitrogen and oxygen atoms in total. The maximum atomic E-state index is 13.2. The average molecular weight is 431 g/mol. The number of fused-ring (bicyclic) bond motifs is 2. The predicted octanol–water partition coefficient (Wildman–Crippen LogP) is 6.13. The molecule has 0 fully saturated rings. The number of thioether (sulfide) groups is 1. The van der Waals surface area contributed by atoms with Gasteiger partial charge in [0.15, 0.2) is 5.78 Å². The molecular formula is C27H30N2OS. The summed E-state index contributed by atoms with van der Waals surface area (Å²) in [6.45, 7) is 11.5. The summed E-state index contributed by atoms with van der Waals surface area (Å²) in [6.07, 6.45) is 4.66. The SMILES string of the molecule is CC1(C)CCN2CCC(C)(C)c3c4c(cc1c32)C=C(C(=N)Sc1ccccc1)C(=O)C4. The van der Waals surface area contributed by atoms with Crippen molar-refractivity contribution in [3.05, 3.63) is 64.2 Å². The van der Waals surface area contributed by atoms with Crippen LogP contribution in [0.3, 0.4) is 0 Å². The predicted molar refractivity (Wildman–Crippen MR) is 131 cm³/mol. The zero-order valence-corrected chi connectivity index (χ0v) is 19.7. The summed E-state index contributed by atoms with van der Waals surface area (Å²) in [6, 6.07) is 12.2. The van der Waals surface area contributed by atoms with E-state index in [4.69, 9.17) is 5.41 Å². The van der Waals surface area contributed by atoms with E-state index >= 15 is 0 Å². The third-order valence-corrected chi connectivity index (χ3v) is 8.25. The maximum absolute atomic E-state index is 13.2. The molecule has 2 aromatic carbocycles. The van der Waals surface area contributed by atoms with Crippen molar-refractivity contribution in [1.82, 2.24) is 0 Å². The first kappa shape index (κ1) is 20.6. The summed E-state index contributed by atoms with van der Waals surface area (Å²) in [7, 11) is 0. The van der Waals surface area contributed by atoms with Gasteiger partial charge in [-0.3, -0.25) is 10.2 Å². The number of anilines is 1. The molecule has 2 aromatic rings. The van der Waals surface area contributed by atoms with Gasteiger partial charge in [0, 0.05) is 30.1 Å². The van der Waals surface area contributed by atoms with Crippen LogP contribution in [0.5, 0.6) is 0 Å². The van der Waals surface area contributed by atoms with Gasteiger partial charge in [-0.15, -0.1) is 0 Å². The molecule has 0 bridgehead atoms. The topological polar surface area (TPSA) is 44.2 Å². The minimum absolute atomic E-state index is 0.0528. The molecule has 31 heavy (non-hydrogen) atoms. The molecular weight excluding hydrogens is 400 g/mol. The van der Waals surface area contributed by atoms with Crippen LogP contribution < -0.4 is 4.90 Å². The first-order chi connectivity index (χ1) is 14.7. The largest absolute Gasteiger partial charge is 0.371 e. The number of nitrogens with one attached hydrogen (secondary N) is 1. The number of hydrogen-bond donors (Lipinski definition) is 1. The highest BCUT2D eigenvalue weighted by Crippen LogP contribution is 2.52. The molecule has 0 radical (unpaired) electrons. The molecule has 3 aliphatic rings. The number of ketones is 1. The molecule has 5 rings (SSSR count). The van der Waals surface area contributed by atoms with Crippen LogP contribution in [0.4, 0.5) is 5.69 Å². The summed E-state index contributed by atoms with van der Waals surface area (Å²) >= 11 is 1.36. The zero-order valence-electron chi connectivity index (χ0n) is 18.8. The monoisotopic (exact) mass is 430 g/mol. The molecule has 1 N–H and O–H groups in total. The van der Waals surface area contributed by atoms with Crippen molar-refractivity contribution in [2.24, 2.45) is 0 Å². The standard InChI is InChI=1S/C27H30N2OS/c1-26(2)10-12-29-13-11-27(3,4)23-19-16-22(30)20(14-17(19)15-21(26)24(23)29)25(28)31-18-8-6-5-7-9-18/h5-9,14-15,28H,10-13,16H2,1-4H3. The summed E-state index contributed by atoms with van der Waals surface area (Å²) < 4.78 is 0. The van der Waals surface area contributed by atoms with Gasteiger partial charge in [-0.1, -0.05) is 57.7 Å².